The summed E-state index contributed by atoms with van der Waals surface area (Å²) in [5.74, 6) is 0.254. The van der Waals surface area contributed by atoms with Crippen LogP contribution in [0, 0.1) is 0 Å². The minimum absolute atomic E-state index is 0.216. The molecule has 6 atom stereocenters. The molecule has 2 aromatic rings. The number of aliphatic carboxylic acids is 1. The summed E-state index contributed by atoms with van der Waals surface area (Å²) < 4.78 is 40.2. The van der Waals surface area contributed by atoms with E-state index in [2.05, 4.69) is 15.0 Å². The van der Waals surface area contributed by atoms with Gasteiger partial charge in [0.1, 0.15) is 47.7 Å². The van der Waals surface area contributed by atoms with Crippen molar-refractivity contribution in [2.45, 2.75) is 37.0 Å². The SMILES string of the molecule is C[S+](CC[C@H](N)C(=O)O)C[C@H]1O[C@@H]([15n]2c[15n]c3c([15NH2])[15n]c[15n]c32)[C@H](O)[C@@H]1O.O=S(=O)([O-])O. The van der Waals surface area contributed by atoms with Gasteiger partial charge in [0, 0.05) is 6.42 Å². The minimum atomic E-state index is -4.92. The topological polar surface area (TPSA) is 260 Å². The van der Waals surface area contributed by atoms with Crippen molar-refractivity contribution in [3.8, 4) is 0 Å². The fraction of sp³-hybridized carbons (Fsp3) is 0.600. The first kappa shape index (κ1) is 26.1. The number of fused-ring (bicyclic) bond motifs is 1. The van der Waals surface area contributed by atoms with Crippen LogP contribution in [-0.2, 0) is 30.8 Å². The summed E-state index contributed by atoms with van der Waals surface area (Å²) in [6.45, 7) is 0. The molecule has 0 radical (unpaired) electrons. The van der Waals surface area contributed by atoms with Crippen molar-refractivity contribution in [3.05, 3.63) is 12.7 Å². The van der Waals surface area contributed by atoms with Gasteiger partial charge in [-0.15, -0.1) is 0 Å². The van der Waals surface area contributed by atoms with E-state index in [1.165, 1.54) is 17.2 Å². The summed E-state index contributed by atoms with van der Waals surface area (Å²) in [5.41, 5.74) is 12.1. The first-order chi connectivity index (χ1) is 14.8. The van der Waals surface area contributed by atoms with Gasteiger partial charge in [-0.05, 0) is 10.9 Å². The molecule has 17 heteroatoms. The summed E-state index contributed by atoms with van der Waals surface area (Å²) >= 11 is 0. The molecule has 0 saturated carbocycles. The smallest absolute Gasteiger partial charge is 0.320 e. The molecule has 0 aromatic carbocycles. The van der Waals surface area contributed by atoms with Crippen LogP contribution in [0.25, 0.3) is 11.2 Å². The third-order valence-electron chi connectivity index (χ3n) is 4.54. The van der Waals surface area contributed by atoms with E-state index in [9.17, 15) is 15.0 Å². The maximum Gasteiger partial charge on any atom is 0.320 e. The molecule has 32 heavy (non-hydrogen) atoms. The number of imidazole rings is 1. The summed E-state index contributed by atoms with van der Waals surface area (Å²) in [6, 6.07) is -0.907. The van der Waals surface area contributed by atoms with E-state index in [0.29, 0.717) is 29.1 Å². The van der Waals surface area contributed by atoms with Crippen LogP contribution >= 0.6 is 0 Å². The predicted molar refractivity (Wildman–Crippen MR) is 111 cm³/mol. The second kappa shape index (κ2) is 10.7. The number of nitrogens with two attached hydrogens (primary N) is 2. The quantitative estimate of drug-likeness (QED) is 0.0961. The molecule has 1 aliphatic rings. The summed E-state index contributed by atoms with van der Waals surface area (Å²) in [6.07, 6.45) is 1.31. The van der Waals surface area contributed by atoms with Crippen LogP contribution in [0.15, 0.2) is 12.7 Å². The number of rotatable bonds is 7. The highest BCUT2D eigenvalue weighted by Crippen LogP contribution is 2.32. The van der Waals surface area contributed by atoms with E-state index in [-0.39, 0.29) is 16.7 Å². The zero-order valence-corrected chi connectivity index (χ0v) is 18.4. The van der Waals surface area contributed by atoms with Gasteiger partial charge in [-0.2, -0.15) is 0 Å². The lowest BCUT2D eigenvalue weighted by Crippen LogP contribution is -2.37. The van der Waals surface area contributed by atoms with Gasteiger partial charge in [-0.25, -0.2) is 23.4 Å². The molecule has 180 valence electrons. The number of hydrogen-bond acceptors (Lipinski definition) is 12. The van der Waals surface area contributed by atoms with E-state index in [1.807, 2.05) is 6.26 Å². The lowest BCUT2D eigenvalue weighted by Gasteiger charge is -2.16. The highest BCUT2D eigenvalue weighted by atomic mass is 32.3. The van der Waals surface area contributed by atoms with Gasteiger partial charge < -0.3 is 36.1 Å². The van der Waals surface area contributed by atoms with Crippen LogP contribution < -0.4 is 11.5 Å². The first-order valence-electron chi connectivity index (χ1n) is 9.00. The predicted octanol–water partition coefficient (Wildman–Crippen LogP) is -2.92. The molecule has 8 N–H and O–H groups in total. The number of anilines is 1. The maximum absolute atomic E-state index is 10.8. The number of ether oxygens (including phenoxy) is 1. The Kier molecular flexibility index (Phi) is 8.71. The molecular weight excluding hydrogens is 477 g/mol. The van der Waals surface area contributed by atoms with Gasteiger partial charge in [-0.3, -0.25) is 13.9 Å². The van der Waals surface area contributed by atoms with Crippen LogP contribution in [0.2, 0.25) is 0 Å². The van der Waals surface area contributed by atoms with Crippen LogP contribution in [0.5, 0.6) is 0 Å². The number of aliphatic hydroxyl groups is 2. The third kappa shape index (κ3) is 6.94. The molecule has 3 rings (SSSR count). The highest BCUT2D eigenvalue weighted by molar-refractivity contribution is 7.96. The van der Waals surface area contributed by atoms with Crippen LogP contribution in [0.4, 0.5) is 5.82 Å². The zero-order valence-electron chi connectivity index (χ0n) is 16.8. The Morgan fingerprint density at radius 2 is 1.97 bits per heavy atom. The molecular formula is C15H24N6O9S2. The number of aromatic nitrogens is 4. The number of hydrogen-bond donors (Lipinski definition) is 6. The molecule has 0 bridgehead atoms. The van der Waals surface area contributed by atoms with E-state index >= 15 is 0 Å². The van der Waals surface area contributed by atoms with Gasteiger partial charge in [0.15, 0.2) is 17.7 Å². The molecule has 0 spiro atoms. The van der Waals surface area contributed by atoms with Crippen molar-refractivity contribution in [2.24, 2.45) is 5.73 Å². The van der Waals surface area contributed by atoms with E-state index in [0.717, 1.165) is 0 Å². The van der Waals surface area contributed by atoms with Crippen molar-refractivity contribution < 1.29 is 42.4 Å². The van der Waals surface area contributed by atoms with Gasteiger partial charge in [0.25, 0.3) is 0 Å². The first-order valence-corrected chi connectivity index (χ1v) is 12.3. The van der Waals surface area contributed by atoms with E-state index in [1.54, 1.807) is 0 Å². The Bertz CT molecular complexity index is 1030. The fourth-order valence-electron chi connectivity index (χ4n) is 2.97. The van der Waals surface area contributed by atoms with E-state index in [4.69, 9.17) is 38.8 Å². The molecule has 0 amide bonds. The summed E-state index contributed by atoms with van der Waals surface area (Å²) in [5, 5.41) is 29.7. The fourth-order valence-corrected chi connectivity index (χ4v) is 4.63. The average molecular weight is 501 g/mol. The molecule has 0 aliphatic carbocycles. The van der Waals surface area contributed by atoms with Gasteiger partial charge >= 0.3 is 5.97 Å². The average Bonchev–Trinajstić information content (AvgIpc) is 3.22. The Morgan fingerprint density at radius 1 is 1.34 bits per heavy atom. The van der Waals surface area contributed by atoms with Crippen LogP contribution in [0.1, 0.15) is 12.6 Å². The highest BCUT2D eigenvalue weighted by Gasteiger charge is 2.46. The molecule has 3 heterocycles. The van der Waals surface area contributed by atoms with Crippen molar-refractivity contribution in [1.82, 2.24) is 19.5 Å². The lowest BCUT2D eigenvalue weighted by molar-refractivity contribution is -0.138. The Labute approximate surface area is 185 Å². The zero-order chi connectivity index (χ0) is 24.2. The Balaban J connectivity index is 0.000000654. The minimum Gasteiger partial charge on any atom is -0.726 e. The van der Waals surface area contributed by atoms with Gasteiger partial charge in [-0.1, -0.05) is 0 Å². The van der Waals surface area contributed by atoms with Gasteiger partial charge in [0.05, 0.1) is 12.6 Å². The Hall–Kier alpha value is -2.12. The van der Waals surface area contributed by atoms with Crippen molar-refractivity contribution in [3.63, 3.8) is 0 Å². The lowest BCUT2D eigenvalue weighted by atomic mass is 10.1. The molecule has 1 saturated heterocycles. The number of carboxylic acids is 1. The number of nitrogens with zero attached hydrogens (tertiary/aromatic N) is 4. The number of carbonyl (C=O) groups is 1. The maximum atomic E-state index is 10.8. The second-order valence-corrected chi connectivity index (χ2v) is 10.1. The second-order valence-electron chi connectivity index (χ2n) is 6.94. The molecule has 15 nitrogen and oxygen atoms in total. The molecule has 2 aromatic heterocycles. The summed E-state index contributed by atoms with van der Waals surface area (Å²) in [7, 11) is -5.15. The monoisotopic (exact) mass is 501 g/mol. The Morgan fingerprint density at radius 3 is 2.56 bits per heavy atom. The molecule has 1 aliphatic heterocycles. The normalized spacial score (nSPS) is 25.2. The number of aliphatic hydroxyl groups excluding tert-OH is 2. The van der Waals surface area contributed by atoms with Crippen LogP contribution in [0.3, 0.4) is 0 Å². The molecule has 1 unspecified atom stereocenters. The standard InChI is InChI=1S/C15H22N6O5S.H2O4S/c1-27(3-2-7(16)15(24)25)4-8-10(22)11(23)14(26-8)21-6-20-9-12(17)18-5-19-13(9)21;1-5(2,3)4/h5-8,10-11,14,22-23H,2-4,16H2,1H3,(H2-,17,18,19,24,25);(H2,1,2,3,4)/t7-,8+,10+,11+,14+,27?;/m0./s1/i17+1,18+1,19+1,20+1,21+1;. The van der Waals surface area contributed by atoms with Crippen LogP contribution in [-0.4, -0.2) is 100 Å². The summed E-state index contributed by atoms with van der Waals surface area (Å²) in [4.78, 5) is 23.0. The number of carboxylic acid groups (broad SMARTS) is 1. The van der Waals surface area contributed by atoms with Crippen molar-refractivity contribution in [2.75, 3.05) is 23.5 Å². The molecule has 1 fully saturated rings. The van der Waals surface area contributed by atoms with Crippen molar-refractivity contribution in [1.29, 1.82) is 0 Å². The number of nitrogen functional groups attached to an aromatic ring is 1. The largest absolute Gasteiger partial charge is 0.726 e. The van der Waals surface area contributed by atoms with Gasteiger partial charge in [0.2, 0.25) is 10.4 Å². The third-order valence-corrected chi connectivity index (χ3v) is 6.37. The van der Waals surface area contributed by atoms with E-state index < -0.39 is 46.9 Å². The van der Waals surface area contributed by atoms with Crippen molar-refractivity contribution >= 4 is 44.2 Å².